The van der Waals surface area contributed by atoms with Gasteiger partial charge in [-0.2, -0.15) is 4.31 Å². The van der Waals surface area contributed by atoms with Crippen LogP contribution < -0.4 is 0 Å². The summed E-state index contributed by atoms with van der Waals surface area (Å²) in [7, 11) is -3.48. The van der Waals surface area contributed by atoms with Crippen molar-refractivity contribution in [2.45, 2.75) is 43.2 Å². The van der Waals surface area contributed by atoms with Gasteiger partial charge in [-0.05, 0) is 49.4 Å². The monoisotopic (exact) mass is 329 g/mol. The molecule has 2 atom stereocenters. The van der Waals surface area contributed by atoms with Crippen LogP contribution in [0.1, 0.15) is 24.5 Å². The van der Waals surface area contributed by atoms with Gasteiger partial charge >= 0.3 is 0 Å². The van der Waals surface area contributed by atoms with Crippen LogP contribution >= 0.6 is 11.6 Å². The van der Waals surface area contributed by atoms with Gasteiger partial charge in [0.2, 0.25) is 10.0 Å². The van der Waals surface area contributed by atoms with Crippen LogP contribution in [0.4, 0.5) is 0 Å². The van der Waals surface area contributed by atoms with Crippen molar-refractivity contribution < 1.29 is 13.2 Å². The third-order valence-corrected chi connectivity index (χ3v) is 6.62. The van der Waals surface area contributed by atoms with E-state index in [0.29, 0.717) is 23.9 Å². The normalized spacial score (nSPS) is 26.8. The maximum atomic E-state index is 12.9. The van der Waals surface area contributed by atoms with Gasteiger partial charge in [-0.15, -0.1) is 11.6 Å². The van der Waals surface area contributed by atoms with Crippen molar-refractivity contribution in [2.75, 3.05) is 19.0 Å². The molecule has 0 bridgehead atoms. The van der Waals surface area contributed by atoms with Crippen molar-refractivity contribution >= 4 is 21.6 Å². The van der Waals surface area contributed by atoms with Crippen LogP contribution in [0.5, 0.6) is 0 Å². The summed E-state index contributed by atoms with van der Waals surface area (Å²) in [4.78, 5) is 0.394. The van der Waals surface area contributed by atoms with Crippen LogP contribution in [-0.2, 0) is 27.6 Å². The number of halogens is 1. The van der Waals surface area contributed by atoms with Gasteiger partial charge < -0.3 is 4.74 Å². The van der Waals surface area contributed by atoms with Crippen LogP contribution in [0.25, 0.3) is 0 Å². The Morgan fingerprint density at radius 2 is 2.10 bits per heavy atom. The standard InChI is InChI=1S/C15H20ClNO3S/c1-11-10-20-14(8-16)9-17(11)21(18,19)15-6-5-12-3-2-4-13(12)7-15/h5-7,11,14H,2-4,8-10H2,1H3. The zero-order chi connectivity index (χ0) is 15.0. The van der Waals surface area contributed by atoms with Crippen molar-refractivity contribution in [3.63, 3.8) is 0 Å². The number of morpholine rings is 1. The maximum Gasteiger partial charge on any atom is 0.243 e. The third-order valence-electron chi connectivity index (χ3n) is 4.30. The minimum Gasteiger partial charge on any atom is -0.374 e. The maximum absolute atomic E-state index is 12.9. The molecule has 1 heterocycles. The van der Waals surface area contributed by atoms with E-state index >= 15 is 0 Å². The van der Waals surface area contributed by atoms with E-state index in [1.54, 1.807) is 6.07 Å². The zero-order valence-corrected chi connectivity index (χ0v) is 13.7. The zero-order valence-electron chi connectivity index (χ0n) is 12.1. The predicted octanol–water partition coefficient (Wildman–Crippen LogP) is 2.19. The largest absolute Gasteiger partial charge is 0.374 e. The first-order chi connectivity index (χ1) is 10.0. The van der Waals surface area contributed by atoms with Gasteiger partial charge in [0, 0.05) is 18.5 Å². The molecule has 1 aromatic rings. The number of benzene rings is 1. The highest BCUT2D eigenvalue weighted by atomic mass is 35.5. The predicted molar refractivity (Wildman–Crippen MR) is 82.3 cm³/mol. The lowest BCUT2D eigenvalue weighted by atomic mass is 10.1. The second kappa shape index (κ2) is 5.88. The summed E-state index contributed by atoms with van der Waals surface area (Å²) in [6.07, 6.45) is 2.91. The van der Waals surface area contributed by atoms with Crippen LogP contribution in [-0.4, -0.2) is 43.9 Å². The fourth-order valence-corrected chi connectivity index (χ4v) is 4.95. The third kappa shape index (κ3) is 2.84. The van der Waals surface area contributed by atoms with Gasteiger partial charge in [0.25, 0.3) is 0 Å². The molecule has 1 aromatic carbocycles. The second-order valence-electron chi connectivity index (χ2n) is 5.82. The summed E-state index contributed by atoms with van der Waals surface area (Å²) in [6, 6.07) is 5.37. The molecule has 1 aliphatic heterocycles. The summed E-state index contributed by atoms with van der Waals surface area (Å²) in [5, 5.41) is 0. The highest BCUT2D eigenvalue weighted by molar-refractivity contribution is 7.89. The number of rotatable bonds is 3. The number of hydrogen-bond donors (Lipinski definition) is 0. The number of sulfonamides is 1. The van der Waals surface area contributed by atoms with Crippen LogP contribution in [0.3, 0.4) is 0 Å². The van der Waals surface area contributed by atoms with Crippen LogP contribution in [0.2, 0.25) is 0 Å². The quantitative estimate of drug-likeness (QED) is 0.799. The van der Waals surface area contributed by atoms with E-state index < -0.39 is 10.0 Å². The van der Waals surface area contributed by atoms with Gasteiger partial charge in [0.15, 0.2) is 0 Å². The highest BCUT2D eigenvalue weighted by Gasteiger charge is 2.35. The Morgan fingerprint density at radius 1 is 1.33 bits per heavy atom. The summed E-state index contributed by atoms with van der Waals surface area (Å²) in [5.74, 6) is 0.308. The molecule has 1 saturated heterocycles. The summed E-state index contributed by atoms with van der Waals surface area (Å²) in [6.45, 7) is 2.58. The average Bonchev–Trinajstić information content (AvgIpc) is 2.95. The number of nitrogens with zero attached hydrogens (tertiary/aromatic N) is 1. The first-order valence-corrected chi connectivity index (χ1v) is 9.31. The van der Waals surface area contributed by atoms with Crippen molar-refractivity contribution in [3.05, 3.63) is 29.3 Å². The fourth-order valence-electron chi connectivity index (χ4n) is 3.06. The molecule has 1 aliphatic carbocycles. The molecular weight excluding hydrogens is 310 g/mol. The van der Waals surface area contributed by atoms with E-state index in [1.165, 1.54) is 15.4 Å². The number of alkyl halides is 1. The number of aryl methyl sites for hydroxylation is 2. The Bertz CT molecular complexity index is 632. The van der Waals surface area contributed by atoms with Gasteiger partial charge in [0.1, 0.15) is 0 Å². The molecule has 0 N–H and O–H groups in total. The molecule has 0 radical (unpaired) electrons. The number of ether oxygens (including phenoxy) is 1. The van der Waals surface area contributed by atoms with Gasteiger partial charge in [-0.3, -0.25) is 0 Å². The van der Waals surface area contributed by atoms with E-state index in [4.69, 9.17) is 16.3 Å². The van der Waals surface area contributed by atoms with Gasteiger partial charge in [0.05, 0.1) is 17.6 Å². The first kappa shape index (κ1) is 15.3. The minimum absolute atomic E-state index is 0.164. The lowest BCUT2D eigenvalue weighted by molar-refractivity contribution is -0.0152. The lowest BCUT2D eigenvalue weighted by Crippen LogP contribution is -2.51. The topological polar surface area (TPSA) is 46.6 Å². The number of fused-ring (bicyclic) bond motifs is 1. The summed E-state index contributed by atoms with van der Waals surface area (Å²) in [5.41, 5.74) is 2.45. The SMILES string of the molecule is CC1COC(CCl)CN1S(=O)(=O)c1ccc2c(c1)CCC2. The fraction of sp³-hybridized carbons (Fsp3) is 0.600. The molecule has 116 valence electrons. The Balaban J connectivity index is 1.92. The van der Waals surface area contributed by atoms with Crippen LogP contribution in [0.15, 0.2) is 23.1 Å². The number of hydrogen-bond acceptors (Lipinski definition) is 3. The molecule has 0 spiro atoms. The molecule has 0 aromatic heterocycles. The average molecular weight is 330 g/mol. The smallest absolute Gasteiger partial charge is 0.243 e. The highest BCUT2D eigenvalue weighted by Crippen LogP contribution is 2.28. The second-order valence-corrected chi connectivity index (χ2v) is 8.02. The van der Waals surface area contributed by atoms with Gasteiger partial charge in [-0.25, -0.2) is 8.42 Å². The molecule has 0 saturated carbocycles. The minimum atomic E-state index is -3.48. The Hall–Kier alpha value is -0.620. The molecule has 2 unspecified atom stereocenters. The van der Waals surface area contributed by atoms with Crippen molar-refractivity contribution in [1.29, 1.82) is 0 Å². The van der Waals surface area contributed by atoms with E-state index in [9.17, 15) is 8.42 Å². The first-order valence-electron chi connectivity index (χ1n) is 7.33. The van der Waals surface area contributed by atoms with E-state index in [1.807, 2.05) is 19.1 Å². The Labute approximate surface area is 131 Å². The molecular formula is C15H20ClNO3S. The molecule has 6 heteroatoms. The van der Waals surface area contributed by atoms with Crippen molar-refractivity contribution in [1.82, 2.24) is 4.31 Å². The van der Waals surface area contributed by atoms with E-state index in [0.717, 1.165) is 19.3 Å². The molecule has 0 amide bonds. The Kier molecular flexibility index (Phi) is 4.28. The molecule has 3 rings (SSSR count). The van der Waals surface area contributed by atoms with Crippen molar-refractivity contribution in [2.24, 2.45) is 0 Å². The molecule has 21 heavy (non-hydrogen) atoms. The van der Waals surface area contributed by atoms with Gasteiger partial charge in [-0.1, -0.05) is 6.07 Å². The summed E-state index contributed by atoms with van der Waals surface area (Å²) < 4.78 is 32.8. The van der Waals surface area contributed by atoms with E-state index in [-0.39, 0.29) is 12.1 Å². The van der Waals surface area contributed by atoms with Crippen LogP contribution in [0, 0.1) is 0 Å². The lowest BCUT2D eigenvalue weighted by Gasteiger charge is -2.36. The molecule has 2 aliphatic rings. The molecule has 1 fully saturated rings. The Morgan fingerprint density at radius 3 is 2.86 bits per heavy atom. The van der Waals surface area contributed by atoms with Crippen molar-refractivity contribution in [3.8, 4) is 0 Å². The summed E-state index contributed by atoms with van der Waals surface area (Å²) >= 11 is 5.82. The molecule has 4 nitrogen and oxygen atoms in total. The van der Waals surface area contributed by atoms with E-state index in [2.05, 4.69) is 0 Å².